The summed E-state index contributed by atoms with van der Waals surface area (Å²) in [4.78, 5) is 13.8. The third kappa shape index (κ3) is 4.94. The molecule has 1 fully saturated rings. The van der Waals surface area contributed by atoms with Crippen LogP contribution in [-0.4, -0.2) is 56.3 Å². The molecule has 1 saturated heterocycles. The van der Waals surface area contributed by atoms with Crippen LogP contribution in [0.15, 0.2) is 33.8 Å². The minimum atomic E-state index is -3.06. The molecular formula is C15H20BrN3O4S. The summed E-state index contributed by atoms with van der Waals surface area (Å²) >= 11 is 3.34. The quantitative estimate of drug-likeness (QED) is 0.348. The highest BCUT2D eigenvalue weighted by Gasteiger charge is 2.34. The van der Waals surface area contributed by atoms with Gasteiger partial charge in [0.1, 0.15) is 0 Å². The van der Waals surface area contributed by atoms with Crippen molar-refractivity contribution in [2.75, 3.05) is 30.6 Å². The van der Waals surface area contributed by atoms with Crippen molar-refractivity contribution in [3.63, 3.8) is 0 Å². The van der Waals surface area contributed by atoms with Crippen molar-refractivity contribution in [3.05, 3.63) is 28.7 Å². The molecule has 0 aromatic heterocycles. The van der Waals surface area contributed by atoms with Gasteiger partial charge in [-0.3, -0.25) is 5.43 Å². The number of anilines is 1. The maximum absolute atomic E-state index is 12.2. The number of rotatable bonds is 4. The van der Waals surface area contributed by atoms with Gasteiger partial charge in [-0.25, -0.2) is 13.2 Å². The molecule has 24 heavy (non-hydrogen) atoms. The first kappa shape index (κ1) is 18.7. The summed E-state index contributed by atoms with van der Waals surface area (Å²) < 4.78 is 29.3. The van der Waals surface area contributed by atoms with Crippen LogP contribution in [0.5, 0.6) is 0 Å². The number of amidine groups is 1. The normalized spacial score (nSPS) is 19.8. The Labute approximate surface area is 150 Å². The molecule has 7 nitrogen and oxygen atoms in total. The number of nitrogens with zero attached hydrogens (tertiary/aromatic N) is 2. The second-order valence-corrected chi connectivity index (χ2v) is 8.59. The Hall–Kier alpha value is -1.61. The summed E-state index contributed by atoms with van der Waals surface area (Å²) in [5.74, 6) is -0.394. The molecule has 9 heteroatoms. The zero-order valence-corrected chi connectivity index (χ0v) is 15.9. The molecule has 0 radical (unpaired) electrons. The van der Waals surface area contributed by atoms with Gasteiger partial charge in [0.15, 0.2) is 9.84 Å². The minimum absolute atomic E-state index is 0.0141. The molecule has 0 bridgehead atoms. The highest BCUT2D eigenvalue weighted by atomic mass is 79.9. The van der Waals surface area contributed by atoms with Gasteiger partial charge in [0, 0.05) is 17.6 Å². The van der Waals surface area contributed by atoms with Crippen LogP contribution in [0.25, 0.3) is 0 Å². The molecule has 0 aliphatic carbocycles. The summed E-state index contributed by atoms with van der Waals surface area (Å²) in [6.45, 7) is 1.92. The highest BCUT2D eigenvalue weighted by molar-refractivity contribution is 9.10. The number of halogens is 1. The van der Waals surface area contributed by atoms with Gasteiger partial charge in [-0.2, -0.15) is 0 Å². The van der Waals surface area contributed by atoms with Crippen molar-refractivity contribution in [3.8, 4) is 0 Å². The van der Waals surface area contributed by atoms with Gasteiger partial charge in [0.05, 0.1) is 23.8 Å². The Morgan fingerprint density at radius 2 is 2.08 bits per heavy atom. The number of esters is 1. The fourth-order valence-corrected chi connectivity index (χ4v) is 4.40. The average molecular weight is 418 g/mol. The Balaban J connectivity index is 2.18. The summed E-state index contributed by atoms with van der Waals surface area (Å²) in [7, 11) is -1.40. The van der Waals surface area contributed by atoms with Crippen LogP contribution < -0.4 is 5.43 Å². The fraction of sp³-hybridized carbons (Fsp3) is 0.467. The lowest BCUT2D eigenvalue weighted by atomic mass is 10.2. The molecule has 132 valence electrons. The third-order valence-electron chi connectivity index (χ3n) is 3.68. The van der Waals surface area contributed by atoms with Gasteiger partial charge in [-0.05, 0) is 37.6 Å². The number of ether oxygens (including phenoxy) is 1. The Bertz CT molecular complexity index is 719. The van der Waals surface area contributed by atoms with Crippen LogP contribution in [0.2, 0.25) is 0 Å². The van der Waals surface area contributed by atoms with Crippen LogP contribution >= 0.6 is 15.9 Å². The molecule has 0 saturated carbocycles. The van der Waals surface area contributed by atoms with E-state index in [-0.39, 0.29) is 30.0 Å². The van der Waals surface area contributed by atoms with E-state index in [4.69, 9.17) is 4.74 Å². The molecule has 0 spiro atoms. The molecule has 1 atom stereocenters. The molecule has 1 unspecified atom stereocenters. The van der Waals surface area contributed by atoms with Crippen molar-refractivity contribution in [1.82, 2.24) is 4.90 Å². The van der Waals surface area contributed by atoms with E-state index in [1.165, 1.54) is 0 Å². The lowest BCUT2D eigenvalue weighted by Crippen LogP contribution is -2.43. The van der Waals surface area contributed by atoms with Gasteiger partial charge >= 0.3 is 5.97 Å². The molecular weight excluding hydrogens is 398 g/mol. The van der Waals surface area contributed by atoms with Crippen LogP contribution in [0.4, 0.5) is 5.69 Å². The topological polar surface area (TPSA) is 88.1 Å². The zero-order chi connectivity index (χ0) is 17.7. The van der Waals surface area contributed by atoms with Crippen molar-refractivity contribution < 1.29 is 17.9 Å². The second kappa shape index (κ2) is 7.98. The number of hydrogen-bond acceptors (Lipinski definition) is 6. The Morgan fingerprint density at radius 3 is 2.62 bits per heavy atom. The van der Waals surface area contributed by atoms with E-state index in [0.29, 0.717) is 12.1 Å². The number of nitrogens with one attached hydrogen (secondary N) is 1. The summed E-state index contributed by atoms with van der Waals surface area (Å²) in [6.07, 6.45) is 0.468. The maximum atomic E-state index is 12.2. The SMILES string of the molecule is CCOC(=O)/C(=N\Nc1ccc(Br)cc1)N(C)C1CCS(=O)(=O)C1. The van der Waals surface area contributed by atoms with Crippen molar-refractivity contribution >= 4 is 43.3 Å². The highest BCUT2D eigenvalue weighted by Crippen LogP contribution is 2.18. The number of sulfone groups is 1. The summed E-state index contributed by atoms with van der Waals surface area (Å²) in [5.41, 5.74) is 3.51. The van der Waals surface area contributed by atoms with E-state index in [1.54, 1.807) is 31.0 Å². The predicted octanol–water partition coefficient (Wildman–Crippen LogP) is 1.86. The first-order chi connectivity index (χ1) is 11.3. The van der Waals surface area contributed by atoms with Gasteiger partial charge in [0.25, 0.3) is 0 Å². The van der Waals surface area contributed by atoms with Crippen molar-refractivity contribution in [2.24, 2.45) is 5.10 Å². The van der Waals surface area contributed by atoms with Crippen molar-refractivity contribution in [1.29, 1.82) is 0 Å². The van der Waals surface area contributed by atoms with Crippen LogP contribution in [0.3, 0.4) is 0 Å². The van der Waals surface area contributed by atoms with Gasteiger partial charge < -0.3 is 9.64 Å². The van der Waals surface area contributed by atoms with Crippen LogP contribution in [0, 0.1) is 0 Å². The lowest BCUT2D eigenvalue weighted by molar-refractivity contribution is -0.135. The number of hydrazone groups is 1. The van der Waals surface area contributed by atoms with Gasteiger partial charge in [-0.1, -0.05) is 15.9 Å². The molecule has 1 aliphatic heterocycles. The van der Waals surface area contributed by atoms with E-state index < -0.39 is 15.8 Å². The molecule has 1 heterocycles. The number of carbonyl (C=O) groups is 1. The van der Waals surface area contributed by atoms with Gasteiger partial charge in [-0.15, -0.1) is 5.10 Å². The number of carbonyl (C=O) groups excluding carboxylic acids is 1. The zero-order valence-electron chi connectivity index (χ0n) is 13.5. The summed E-state index contributed by atoms with van der Waals surface area (Å²) in [6, 6.07) is 7.00. The minimum Gasteiger partial charge on any atom is -0.460 e. The largest absolute Gasteiger partial charge is 0.460 e. The van der Waals surface area contributed by atoms with E-state index in [1.807, 2.05) is 12.1 Å². The van der Waals surface area contributed by atoms with Crippen LogP contribution in [-0.2, 0) is 19.4 Å². The predicted molar refractivity (Wildman–Crippen MR) is 96.7 cm³/mol. The first-order valence-corrected chi connectivity index (χ1v) is 10.1. The van der Waals surface area contributed by atoms with E-state index in [0.717, 1.165) is 4.47 Å². The Kier molecular flexibility index (Phi) is 6.22. The molecule has 1 aromatic carbocycles. The van der Waals surface area contributed by atoms with E-state index >= 15 is 0 Å². The average Bonchev–Trinajstić information content (AvgIpc) is 2.89. The Morgan fingerprint density at radius 1 is 1.42 bits per heavy atom. The fourth-order valence-electron chi connectivity index (χ4n) is 2.36. The number of likely N-dealkylation sites (N-methyl/N-ethyl adjacent to an activating group) is 1. The van der Waals surface area contributed by atoms with Gasteiger partial charge in [0.2, 0.25) is 5.84 Å². The summed E-state index contributed by atoms with van der Waals surface area (Å²) in [5, 5.41) is 4.14. The van der Waals surface area contributed by atoms with E-state index in [2.05, 4.69) is 26.5 Å². The first-order valence-electron chi connectivity index (χ1n) is 7.52. The number of hydrogen-bond donors (Lipinski definition) is 1. The second-order valence-electron chi connectivity index (χ2n) is 5.44. The molecule has 2 rings (SSSR count). The monoisotopic (exact) mass is 417 g/mol. The smallest absolute Gasteiger partial charge is 0.375 e. The molecule has 1 aliphatic rings. The third-order valence-corrected chi connectivity index (χ3v) is 5.96. The molecule has 1 aromatic rings. The van der Waals surface area contributed by atoms with E-state index in [9.17, 15) is 13.2 Å². The lowest BCUT2D eigenvalue weighted by Gasteiger charge is -2.25. The molecule has 0 amide bonds. The molecule has 1 N–H and O–H groups in total. The van der Waals surface area contributed by atoms with Crippen molar-refractivity contribution in [2.45, 2.75) is 19.4 Å². The number of benzene rings is 1. The van der Waals surface area contributed by atoms with Crippen LogP contribution in [0.1, 0.15) is 13.3 Å². The standard InChI is InChI=1S/C15H20BrN3O4S/c1-3-23-15(20)14(18-17-12-6-4-11(16)5-7-12)19(2)13-8-9-24(21,22)10-13/h4-7,13,17H,3,8-10H2,1-2H3/b18-14+. The maximum Gasteiger partial charge on any atom is 0.375 e.